The predicted octanol–water partition coefficient (Wildman–Crippen LogP) is 2.81. The molecule has 2 heterocycles. The van der Waals surface area contributed by atoms with Crippen molar-refractivity contribution in [2.45, 2.75) is 44.6 Å². The third-order valence-electron chi connectivity index (χ3n) is 4.33. The number of nitrogens with zero attached hydrogens (tertiary/aromatic N) is 2. The number of hydrazine groups is 1. The van der Waals surface area contributed by atoms with Crippen LogP contribution in [0.5, 0.6) is 0 Å². The van der Waals surface area contributed by atoms with Crippen LogP contribution in [-0.2, 0) is 0 Å². The molecule has 1 unspecified atom stereocenters. The SMILES string of the molecule is NNC(CC1CCCCC1)c1cnn2ccccc12. The standard InChI is InChI=1S/C15H22N4/c16-18-14(10-12-6-2-1-3-7-12)13-11-17-19-9-5-4-8-15(13)19/h4-5,8-9,11-12,14,18H,1-3,6-7,10,16H2. The summed E-state index contributed by atoms with van der Waals surface area (Å²) in [6.07, 6.45) is 11.9. The maximum Gasteiger partial charge on any atom is 0.0709 e. The zero-order valence-electron chi connectivity index (χ0n) is 11.3. The molecule has 102 valence electrons. The average Bonchev–Trinajstić information content (AvgIpc) is 2.90. The van der Waals surface area contributed by atoms with Gasteiger partial charge in [0.15, 0.2) is 0 Å². The van der Waals surface area contributed by atoms with E-state index in [9.17, 15) is 0 Å². The van der Waals surface area contributed by atoms with E-state index in [1.165, 1.54) is 37.7 Å². The molecule has 0 bridgehead atoms. The van der Waals surface area contributed by atoms with Crippen molar-refractivity contribution in [3.8, 4) is 0 Å². The molecule has 1 saturated carbocycles. The Kier molecular flexibility index (Phi) is 3.80. The van der Waals surface area contributed by atoms with Crippen molar-refractivity contribution in [3.05, 3.63) is 36.2 Å². The molecule has 3 rings (SSSR count). The number of pyridine rings is 1. The van der Waals surface area contributed by atoms with E-state index < -0.39 is 0 Å². The molecule has 1 fully saturated rings. The lowest BCUT2D eigenvalue weighted by Crippen LogP contribution is -2.30. The first-order valence-electron chi connectivity index (χ1n) is 7.27. The largest absolute Gasteiger partial charge is 0.271 e. The fourth-order valence-electron chi connectivity index (χ4n) is 3.26. The van der Waals surface area contributed by atoms with Crippen molar-refractivity contribution < 1.29 is 0 Å². The molecule has 0 aliphatic heterocycles. The molecule has 0 spiro atoms. The van der Waals surface area contributed by atoms with Crippen molar-refractivity contribution in [2.24, 2.45) is 11.8 Å². The Morgan fingerprint density at radius 2 is 2.16 bits per heavy atom. The Hall–Kier alpha value is -1.39. The van der Waals surface area contributed by atoms with Gasteiger partial charge in [0.2, 0.25) is 0 Å². The monoisotopic (exact) mass is 258 g/mol. The summed E-state index contributed by atoms with van der Waals surface area (Å²) in [6, 6.07) is 6.36. The van der Waals surface area contributed by atoms with Gasteiger partial charge in [-0.2, -0.15) is 5.10 Å². The van der Waals surface area contributed by atoms with Crippen LogP contribution in [0.25, 0.3) is 5.52 Å². The van der Waals surface area contributed by atoms with Gasteiger partial charge >= 0.3 is 0 Å². The van der Waals surface area contributed by atoms with Gasteiger partial charge in [0, 0.05) is 17.8 Å². The summed E-state index contributed by atoms with van der Waals surface area (Å²) < 4.78 is 1.92. The van der Waals surface area contributed by atoms with Gasteiger partial charge in [-0.05, 0) is 24.5 Å². The maximum atomic E-state index is 5.79. The Labute approximate surface area is 114 Å². The van der Waals surface area contributed by atoms with Crippen LogP contribution in [0, 0.1) is 5.92 Å². The molecule has 19 heavy (non-hydrogen) atoms. The highest BCUT2D eigenvalue weighted by molar-refractivity contribution is 5.54. The van der Waals surface area contributed by atoms with Gasteiger partial charge in [0.25, 0.3) is 0 Å². The molecule has 1 aliphatic rings. The Balaban J connectivity index is 1.81. The van der Waals surface area contributed by atoms with Crippen LogP contribution in [0.3, 0.4) is 0 Å². The zero-order valence-corrected chi connectivity index (χ0v) is 11.3. The molecule has 3 N–H and O–H groups in total. The molecule has 1 atom stereocenters. The smallest absolute Gasteiger partial charge is 0.0709 e. The number of fused-ring (bicyclic) bond motifs is 1. The molecule has 0 radical (unpaired) electrons. The Morgan fingerprint density at radius 3 is 2.95 bits per heavy atom. The molecular formula is C15H22N4. The molecule has 4 heteroatoms. The van der Waals surface area contributed by atoms with Gasteiger partial charge in [-0.25, -0.2) is 4.52 Å². The minimum absolute atomic E-state index is 0.211. The molecule has 0 saturated heterocycles. The summed E-state index contributed by atoms with van der Waals surface area (Å²) in [7, 11) is 0. The van der Waals surface area contributed by atoms with Crippen LogP contribution >= 0.6 is 0 Å². The highest BCUT2D eigenvalue weighted by Crippen LogP contribution is 2.32. The van der Waals surface area contributed by atoms with Gasteiger partial charge in [0.1, 0.15) is 0 Å². The first-order valence-corrected chi connectivity index (χ1v) is 7.27. The van der Waals surface area contributed by atoms with Crippen molar-refractivity contribution in [1.82, 2.24) is 15.0 Å². The lowest BCUT2D eigenvalue weighted by Gasteiger charge is -2.25. The van der Waals surface area contributed by atoms with Crippen LogP contribution in [0.4, 0.5) is 0 Å². The number of nitrogens with one attached hydrogen (secondary N) is 1. The van der Waals surface area contributed by atoms with Crippen LogP contribution in [-0.4, -0.2) is 9.61 Å². The van der Waals surface area contributed by atoms with Crippen LogP contribution in [0.2, 0.25) is 0 Å². The number of rotatable bonds is 4. The summed E-state index contributed by atoms with van der Waals surface area (Å²) in [6.45, 7) is 0. The third-order valence-corrected chi connectivity index (χ3v) is 4.33. The fourth-order valence-corrected chi connectivity index (χ4v) is 3.26. The minimum Gasteiger partial charge on any atom is -0.271 e. The summed E-state index contributed by atoms with van der Waals surface area (Å²) in [5, 5.41) is 4.40. The number of hydrogen-bond donors (Lipinski definition) is 2. The first-order chi connectivity index (χ1) is 9.38. The van der Waals surface area contributed by atoms with Gasteiger partial charge in [-0.15, -0.1) is 0 Å². The highest BCUT2D eigenvalue weighted by Gasteiger charge is 2.21. The Bertz CT molecular complexity index is 528. The third kappa shape index (κ3) is 2.65. The summed E-state index contributed by atoms with van der Waals surface area (Å²) in [5.74, 6) is 6.58. The van der Waals surface area contributed by atoms with Crippen LogP contribution in [0.15, 0.2) is 30.6 Å². The van der Waals surface area contributed by atoms with E-state index in [1.54, 1.807) is 0 Å². The van der Waals surface area contributed by atoms with E-state index in [0.717, 1.165) is 17.9 Å². The van der Waals surface area contributed by atoms with Gasteiger partial charge < -0.3 is 0 Å². The second-order valence-electron chi connectivity index (χ2n) is 5.59. The number of hydrogen-bond acceptors (Lipinski definition) is 3. The molecule has 2 aromatic rings. The van der Waals surface area contributed by atoms with Gasteiger partial charge in [-0.1, -0.05) is 38.2 Å². The molecule has 0 aromatic carbocycles. The van der Waals surface area contributed by atoms with Crippen molar-refractivity contribution in [2.75, 3.05) is 0 Å². The van der Waals surface area contributed by atoms with E-state index >= 15 is 0 Å². The highest BCUT2D eigenvalue weighted by atomic mass is 15.3. The fraction of sp³-hybridized carbons (Fsp3) is 0.533. The molecular weight excluding hydrogens is 236 g/mol. The van der Waals surface area contributed by atoms with E-state index in [0.29, 0.717) is 0 Å². The van der Waals surface area contributed by atoms with Crippen molar-refractivity contribution in [1.29, 1.82) is 0 Å². The maximum absolute atomic E-state index is 5.79. The van der Waals surface area contributed by atoms with E-state index in [1.807, 2.05) is 23.0 Å². The normalized spacial score (nSPS) is 18.8. The van der Waals surface area contributed by atoms with Gasteiger partial charge in [-0.3, -0.25) is 11.3 Å². The van der Waals surface area contributed by atoms with Crippen LogP contribution < -0.4 is 11.3 Å². The number of nitrogens with two attached hydrogens (primary N) is 1. The molecule has 0 amide bonds. The van der Waals surface area contributed by atoms with Gasteiger partial charge in [0.05, 0.1) is 11.7 Å². The van der Waals surface area contributed by atoms with Crippen molar-refractivity contribution in [3.63, 3.8) is 0 Å². The first kappa shape index (κ1) is 12.6. The second kappa shape index (κ2) is 5.72. The Morgan fingerprint density at radius 1 is 1.32 bits per heavy atom. The lowest BCUT2D eigenvalue weighted by atomic mass is 9.83. The molecule has 1 aliphatic carbocycles. The summed E-state index contributed by atoms with van der Waals surface area (Å²) in [4.78, 5) is 0. The summed E-state index contributed by atoms with van der Waals surface area (Å²) >= 11 is 0. The lowest BCUT2D eigenvalue weighted by molar-refractivity contribution is 0.301. The minimum atomic E-state index is 0.211. The molecule has 4 nitrogen and oxygen atoms in total. The van der Waals surface area contributed by atoms with Crippen LogP contribution in [0.1, 0.15) is 50.1 Å². The number of aromatic nitrogens is 2. The second-order valence-corrected chi connectivity index (χ2v) is 5.59. The summed E-state index contributed by atoms with van der Waals surface area (Å²) in [5.41, 5.74) is 5.36. The molecule has 2 aromatic heterocycles. The average molecular weight is 258 g/mol. The predicted molar refractivity (Wildman–Crippen MR) is 76.4 cm³/mol. The zero-order chi connectivity index (χ0) is 13.1. The quantitative estimate of drug-likeness (QED) is 0.655. The van der Waals surface area contributed by atoms with E-state index in [4.69, 9.17) is 5.84 Å². The topological polar surface area (TPSA) is 55.3 Å². The van der Waals surface area contributed by atoms with E-state index in [-0.39, 0.29) is 6.04 Å². The van der Waals surface area contributed by atoms with E-state index in [2.05, 4.69) is 22.7 Å². The van der Waals surface area contributed by atoms with Crippen molar-refractivity contribution >= 4 is 5.52 Å².